The number of hydrogen-bond acceptors (Lipinski definition) is 6. The van der Waals surface area contributed by atoms with Gasteiger partial charge in [-0.2, -0.15) is 10.5 Å². The zero-order chi connectivity index (χ0) is 23.9. The van der Waals surface area contributed by atoms with E-state index in [1.807, 2.05) is 12.1 Å². The van der Waals surface area contributed by atoms with Crippen LogP contribution in [0.3, 0.4) is 0 Å². The second-order valence-corrected chi connectivity index (χ2v) is 7.78. The van der Waals surface area contributed by atoms with Crippen molar-refractivity contribution < 1.29 is 27.4 Å². The van der Waals surface area contributed by atoms with Crippen LogP contribution < -0.4 is 14.4 Å². The molecule has 2 aliphatic heterocycles. The summed E-state index contributed by atoms with van der Waals surface area (Å²) >= 11 is 0. The van der Waals surface area contributed by atoms with Gasteiger partial charge in [-0.25, -0.2) is 13.2 Å². The minimum atomic E-state index is -2.14. The topological polar surface area (TPSA) is 78.5 Å². The van der Waals surface area contributed by atoms with Crippen molar-refractivity contribution in [2.45, 2.75) is 5.79 Å². The lowest BCUT2D eigenvalue weighted by Gasteiger charge is -2.29. The van der Waals surface area contributed by atoms with Gasteiger partial charge in [0.05, 0.1) is 53.3 Å². The van der Waals surface area contributed by atoms with Crippen LogP contribution in [-0.2, 0) is 10.5 Å². The third-order valence-corrected chi connectivity index (χ3v) is 5.78. The summed E-state index contributed by atoms with van der Waals surface area (Å²) in [5.41, 5.74) is -0.0675. The molecule has 5 rings (SSSR count). The number of morpholine rings is 1. The SMILES string of the molecule is N#Cc1ccc(C2(c3ccc(C#N)cc3F)Oc3cc(F)c(N4CCOCC4)cc3O2)c(F)c1. The van der Waals surface area contributed by atoms with E-state index in [2.05, 4.69) is 0 Å². The summed E-state index contributed by atoms with van der Waals surface area (Å²) in [6.45, 7) is 1.81. The highest BCUT2D eigenvalue weighted by Crippen LogP contribution is 2.50. The first-order chi connectivity index (χ1) is 16.4. The first kappa shape index (κ1) is 21.6. The molecule has 0 saturated carbocycles. The monoisotopic (exact) mass is 463 g/mol. The Morgan fingerprint density at radius 1 is 0.735 bits per heavy atom. The number of halogens is 3. The number of benzene rings is 3. The van der Waals surface area contributed by atoms with E-state index in [0.717, 1.165) is 18.2 Å². The van der Waals surface area contributed by atoms with Gasteiger partial charge in [-0.05, 0) is 36.4 Å². The Balaban J connectivity index is 1.66. The molecule has 0 spiro atoms. The van der Waals surface area contributed by atoms with Crippen LogP contribution in [0, 0.1) is 40.1 Å². The van der Waals surface area contributed by atoms with Crippen molar-refractivity contribution in [2.24, 2.45) is 0 Å². The molecule has 1 fully saturated rings. The van der Waals surface area contributed by atoms with Gasteiger partial charge < -0.3 is 19.1 Å². The van der Waals surface area contributed by atoms with Gasteiger partial charge in [0.1, 0.15) is 17.5 Å². The summed E-state index contributed by atoms with van der Waals surface area (Å²) in [7, 11) is 0. The molecule has 6 nitrogen and oxygen atoms in total. The Morgan fingerprint density at radius 3 is 1.76 bits per heavy atom. The van der Waals surface area contributed by atoms with Crippen LogP contribution in [0.4, 0.5) is 18.9 Å². The van der Waals surface area contributed by atoms with Crippen molar-refractivity contribution >= 4 is 5.69 Å². The molecular weight excluding hydrogens is 447 g/mol. The normalized spacial score (nSPS) is 16.1. The lowest BCUT2D eigenvalue weighted by atomic mass is 9.94. The third-order valence-electron chi connectivity index (χ3n) is 5.78. The number of rotatable bonds is 3. The molecule has 0 unspecified atom stereocenters. The van der Waals surface area contributed by atoms with E-state index in [1.54, 1.807) is 4.90 Å². The largest absolute Gasteiger partial charge is 0.440 e. The Kier molecular flexibility index (Phi) is 5.27. The second kappa shape index (κ2) is 8.29. The van der Waals surface area contributed by atoms with E-state index in [4.69, 9.17) is 24.7 Å². The molecule has 170 valence electrons. The van der Waals surface area contributed by atoms with Crippen LogP contribution in [0.15, 0.2) is 48.5 Å². The van der Waals surface area contributed by atoms with Gasteiger partial charge in [-0.3, -0.25) is 0 Å². The molecule has 2 aliphatic rings. The van der Waals surface area contributed by atoms with Crippen molar-refractivity contribution in [3.8, 4) is 23.6 Å². The van der Waals surface area contributed by atoms with E-state index < -0.39 is 23.2 Å². The Bertz CT molecular complexity index is 1310. The Labute approximate surface area is 192 Å². The number of hydrogen-bond donors (Lipinski definition) is 0. The summed E-state index contributed by atoms with van der Waals surface area (Å²) in [5.74, 6) is -4.42. The van der Waals surface area contributed by atoms with Crippen LogP contribution >= 0.6 is 0 Å². The molecule has 0 amide bonds. The maximum atomic E-state index is 15.2. The molecule has 0 aromatic heterocycles. The van der Waals surface area contributed by atoms with E-state index >= 15 is 13.2 Å². The number of nitrogens with zero attached hydrogens (tertiary/aromatic N) is 3. The summed E-state index contributed by atoms with van der Waals surface area (Å²) in [6.07, 6.45) is 0. The fourth-order valence-electron chi connectivity index (χ4n) is 4.13. The van der Waals surface area contributed by atoms with Gasteiger partial charge >= 0.3 is 5.79 Å². The molecule has 3 aromatic carbocycles. The molecule has 0 aliphatic carbocycles. The second-order valence-electron chi connectivity index (χ2n) is 7.78. The van der Waals surface area contributed by atoms with Crippen LogP contribution in [0.25, 0.3) is 0 Å². The highest BCUT2D eigenvalue weighted by atomic mass is 19.1. The fourth-order valence-corrected chi connectivity index (χ4v) is 4.13. The van der Waals surface area contributed by atoms with E-state index in [0.29, 0.717) is 26.3 Å². The number of ether oxygens (including phenoxy) is 3. The van der Waals surface area contributed by atoms with Gasteiger partial charge in [0, 0.05) is 25.2 Å². The van der Waals surface area contributed by atoms with E-state index in [1.165, 1.54) is 30.3 Å². The number of anilines is 1. The van der Waals surface area contributed by atoms with Crippen LogP contribution in [0.2, 0.25) is 0 Å². The molecule has 3 aromatic rings. The molecule has 34 heavy (non-hydrogen) atoms. The van der Waals surface area contributed by atoms with Crippen molar-refractivity contribution in [1.82, 2.24) is 0 Å². The van der Waals surface area contributed by atoms with E-state index in [9.17, 15) is 0 Å². The highest BCUT2D eigenvalue weighted by molar-refractivity contribution is 5.61. The maximum absolute atomic E-state index is 15.2. The Hall–Kier alpha value is -4.21. The fraction of sp³-hybridized carbons (Fsp3) is 0.200. The molecule has 0 bridgehead atoms. The first-order valence-electron chi connectivity index (χ1n) is 10.4. The minimum absolute atomic E-state index is 0.0398. The average molecular weight is 463 g/mol. The zero-order valence-electron chi connectivity index (χ0n) is 17.6. The predicted molar refractivity (Wildman–Crippen MR) is 114 cm³/mol. The van der Waals surface area contributed by atoms with E-state index in [-0.39, 0.29) is 39.4 Å². The first-order valence-corrected chi connectivity index (χ1v) is 10.4. The van der Waals surface area contributed by atoms with Gasteiger partial charge in [0.15, 0.2) is 11.5 Å². The molecule has 0 radical (unpaired) electrons. The van der Waals surface area contributed by atoms with Crippen molar-refractivity contribution in [3.05, 3.63) is 88.2 Å². The molecule has 9 heteroatoms. The third kappa shape index (κ3) is 3.47. The number of fused-ring (bicyclic) bond motifs is 1. The van der Waals surface area contributed by atoms with Crippen LogP contribution in [0.1, 0.15) is 22.3 Å². The van der Waals surface area contributed by atoms with Gasteiger partial charge in [0.2, 0.25) is 0 Å². The molecular formula is C25H16F3N3O3. The summed E-state index contributed by atoms with van der Waals surface area (Å²) in [4.78, 5) is 1.78. The van der Waals surface area contributed by atoms with Crippen molar-refractivity contribution in [2.75, 3.05) is 31.2 Å². The smallest absolute Gasteiger partial charge is 0.311 e. The predicted octanol–water partition coefficient (Wildman–Crippen LogP) is 4.36. The lowest BCUT2D eigenvalue weighted by Crippen LogP contribution is -2.39. The zero-order valence-corrected chi connectivity index (χ0v) is 17.6. The average Bonchev–Trinajstić information content (AvgIpc) is 3.22. The number of nitriles is 2. The molecule has 0 atom stereocenters. The molecule has 2 heterocycles. The van der Waals surface area contributed by atoms with Gasteiger partial charge in [-0.1, -0.05) is 0 Å². The summed E-state index contributed by atoms with van der Waals surface area (Å²) in [5, 5.41) is 18.2. The standard InChI is InChI=1S/C25H16F3N3O3/c26-19-9-15(13-29)1-3-17(19)25(18-4-2-16(14-30)10-20(18)27)33-23-11-21(28)22(12-24(23)34-25)31-5-7-32-8-6-31/h1-4,9-12H,5-8H2. The van der Waals surface area contributed by atoms with Crippen LogP contribution in [-0.4, -0.2) is 26.3 Å². The highest BCUT2D eigenvalue weighted by Gasteiger charge is 2.49. The summed E-state index contributed by atoms with van der Waals surface area (Å²) < 4.78 is 62.7. The lowest BCUT2D eigenvalue weighted by molar-refractivity contribution is -0.0515. The maximum Gasteiger partial charge on any atom is 0.311 e. The molecule has 0 N–H and O–H groups in total. The Morgan fingerprint density at radius 2 is 1.26 bits per heavy atom. The van der Waals surface area contributed by atoms with Crippen molar-refractivity contribution in [3.63, 3.8) is 0 Å². The minimum Gasteiger partial charge on any atom is -0.440 e. The van der Waals surface area contributed by atoms with Crippen molar-refractivity contribution in [1.29, 1.82) is 10.5 Å². The van der Waals surface area contributed by atoms with Gasteiger partial charge in [-0.15, -0.1) is 0 Å². The van der Waals surface area contributed by atoms with Gasteiger partial charge in [0.25, 0.3) is 0 Å². The molecule has 1 saturated heterocycles. The summed E-state index contributed by atoms with van der Waals surface area (Å²) in [6, 6.07) is 13.4. The quantitative estimate of drug-likeness (QED) is 0.575. The van der Waals surface area contributed by atoms with Crippen LogP contribution in [0.5, 0.6) is 11.5 Å².